The molecule has 0 bridgehead atoms. The molecule has 1 aliphatic rings. The summed E-state index contributed by atoms with van der Waals surface area (Å²) in [5.41, 5.74) is -0.287. The highest BCUT2D eigenvalue weighted by molar-refractivity contribution is 5.97. The van der Waals surface area contributed by atoms with Crippen molar-refractivity contribution in [3.8, 4) is 0 Å². The van der Waals surface area contributed by atoms with Gasteiger partial charge < -0.3 is 5.32 Å². The molecule has 0 aromatic heterocycles. The molecular formula is C13H8F9NO2. The SMILES string of the molecule is Cc1ccccc1NC(=O)C(F)(F)C1(F)OC(F)(F)C(F)(F)C1(F)F. The number of anilines is 1. The number of amides is 1. The Morgan fingerprint density at radius 2 is 1.52 bits per heavy atom. The zero-order chi connectivity index (χ0) is 19.5. The van der Waals surface area contributed by atoms with Crippen molar-refractivity contribution in [1.29, 1.82) is 0 Å². The molecule has 1 amide bonds. The van der Waals surface area contributed by atoms with Crippen LogP contribution in [0.5, 0.6) is 0 Å². The predicted octanol–water partition coefficient (Wildman–Crippen LogP) is 4.13. The summed E-state index contributed by atoms with van der Waals surface area (Å²) in [5, 5.41) is 1.31. The minimum atomic E-state index is -6.70. The standard InChI is InChI=1S/C13H8F9NO2/c1-6-4-2-3-5-7(6)23-8(24)9(14,15)12(20)10(16,17)11(18,19)13(21,22)25-12/h2-5H,1H3,(H,23,24). The lowest BCUT2D eigenvalue weighted by atomic mass is 9.99. The molecule has 2 rings (SSSR count). The number of aryl methyl sites for hydroxylation is 1. The fourth-order valence-electron chi connectivity index (χ4n) is 2.01. The number of para-hydroxylation sites is 1. The van der Waals surface area contributed by atoms with Gasteiger partial charge in [-0.05, 0) is 18.6 Å². The Labute approximate surface area is 133 Å². The van der Waals surface area contributed by atoms with Crippen LogP contribution in [0.3, 0.4) is 0 Å². The third-order valence-electron chi connectivity index (χ3n) is 3.51. The van der Waals surface area contributed by atoms with E-state index in [1.54, 1.807) is 0 Å². The normalized spacial score (nSPS) is 27.1. The second kappa shape index (κ2) is 5.26. The number of rotatable bonds is 3. The Morgan fingerprint density at radius 1 is 1.00 bits per heavy atom. The van der Waals surface area contributed by atoms with Crippen LogP contribution in [0.25, 0.3) is 0 Å². The molecule has 1 unspecified atom stereocenters. The van der Waals surface area contributed by atoms with Crippen LogP contribution < -0.4 is 5.32 Å². The molecule has 1 aliphatic heterocycles. The van der Waals surface area contributed by atoms with E-state index in [1.165, 1.54) is 30.4 Å². The van der Waals surface area contributed by atoms with E-state index in [0.717, 1.165) is 6.07 Å². The number of ether oxygens (including phenoxy) is 1. The molecule has 3 nitrogen and oxygen atoms in total. The Balaban J connectivity index is 2.44. The van der Waals surface area contributed by atoms with Crippen LogP contribution >= 0.6 is 0 Å². The van der Waals surface area contributed by atoms with Crippen molar-refractivity contribution in [2.45, 2.75) is 36.7 Å². The fraction of sp³-hybridized carbons (Fsp3) is 0.462. The first-order valence-corrected chi connectivity index (χ1v) is 6.39. The average Bonchev–Trinajstić information content (AvgIpc) is 2.57. The van der Waals surface area contributed by atoms with Crippen molar-refractivity contribution in [2.75, 3.05) is 5.32 Å². The minimum absolute atomic E-state index is 0.120. The highest BCUT2D eigenvalue weighted by Gasteiger charge is 2.96. The summed E-state index contributed by atoms with van der Waals surface area (Å²) >= 11 is 0. The third kappa shape index (κ3) is 2.37. The molecule has 1 heterocycles. The molecule has 1 aromatic rings. The van der Waals surface area contributed by atoms with E-state index in [1.807, 2.05) is 0 Å². The minimum Gasteiger partial charge on any atom is -0.320 e. The first-order chi connectivity index (χ1) is 11.1. The number of carbonyl (C=O) groups is 1. The van der Waals surface area contributed by atoms with Crippen LogP contribution in [0.1, 0.15) is 5.56 Å². The number of benzene rings is 1. The first-order valence-electron chi connectivity index (χ1n) is 6.39. The molecule has 0 saturated carbocycles. The quantitative estimate of drug-likeness (QED) is 0.800. The molecular weight excluding hydrogens is 373 g/mol. The van der Waals surface area contributed by atoms with E-state index >= 15 is 0 Å². The van der Waals surface area contributed by atoms with Gasteiger partial charge in [0.15, 0.2) is 0 Å². The lowest BCUT2D eigenvalue weighted by molar-refractivity contribution is -0.366. The number of halogens is 9. The van der Waals surface area contributed by atoms with Gasteiger partial charge in [0.05, 0.1) is 0 Å². The zero-order valence-corrected chi connectivity index (χ0v) is 12.0. The van der Waals surface area contributed by atoms with E-state index in [0.29, 0.717) is 0 Å². The van der Waals surface area contributed by atoms with E-state index in [-0.39, 0.29) is 5.56 Å². The van der Waals surface area contributed by atoms with Gasteiger partial charge in [-0.3, -0.25) is 9.53 Å². The van der Waals surface area contributed by atoms with Gasteiger partial charge in [0.1, 0.15) is 0 Å². The Hall–Kier alpha value is -1.98. The van der Waals surface area contributed by atoms with Crippen LogP contribution in [-0.4, -0.2) is 35.6 Å². The molecule has 1 atom stereocenters. The molecule has 12 heteroatoms. The smallest absolute Gasteiger partial charge is 0.320 e. The maximum atomic E-state index is 14.0. The summed E-state index contributed by atoms with van der Waals surface area (Å²) in [5.74, 6) is -28.5. The average molecular weight is 381 g/mol. The molecule has 1 saturated heterocycles. The van der Waals surface area contributed by atoms with E-state index < -0.39 is 41.3 Å². The Morgan fingerprint density at radius 3 is 1.96 bits per heavy atom. The summed E-state index contributed by atoms with van der Waals surface area (Å²) in [6.45, 7) is 1.28. The van der Waals surface area contributed by atoms with Gasteiger partial charge >= 0.3 is 35.6 Å². The first kappa shape index (κ1) is 19.3. The number of hydrogen-bond acceptors (Lipinski definition) is 2. The molecule has 1 aromatic carbocycles. The van der Waals surface area contributed by atoms with Gasteiger partial charge in [-0.15, -0.1) is 0 Å². The second-order valence-electron chi connectivity index (χ2n) is 5.21. The van der Waals surface area contributed by atoms with Crippen LogP contribution in [0.15, 0.2) is 24.3 Å². The van der Waals surface area contributed by atoms with Crippen molar-refractivity contribution in [1.82, 2.24) is 0 Å². The molecule has 0 aliphatic carbocycles. The maximum Gasteiger partial charge on any atom is 0.428 e. The summed E-state index contributed by atoms with van der Waals surface area (Å²) in [7, 11) is 0. The van der Waals surface area contributed by atoms with Crippen LogP contribution in [-0.2, 0) is 9.53 Å². The van der Waals surface area contributed by atoms with Crippen LogP contribution in [0.4, 0.5) is 45.2 Å². The molecule has 0 spiro atoms. The zero-order valence-electron chi connectivity index (χ0n) is 12.0. The van der Waals surface area contributed by atoms with Crippen molar-refractivity contribution >= 4 is 11.6 Å². The van der Waals surface area contributed by atoms with Gasteiger partial charge in [-0.2, -0.15) is 39.5 Å². The van der Waals surface area contributed by atoms with E-state index in [9.17, 15) is 44.3 Å². The molecule has 25 heavy (non-hydrogen) atoms. The largest absolute Gasteiger partial charge is 0.428 e. The molecule has 1 fully saturated rings. The lowest BCUT2D eigenvalue weighted by Gasteiger charge is -2.31. The molecule has 1 N–H and O–H groups in total. The number of nitrogens with one attached hydrogen (secondary N) is 1. The van der Waals surface area contributed by atoms with Gasteiger partial charge in [-0.25, -0.2) is 0 Å². The summed E-state index contributed by atoms with van der Waals surface area (Å²) in [4.78, 5) is 11.5. The van der Waals surface area contributed by atoms with Crippen LogP contribution in [0.2, 0.25) is 0 Å². The van der Waals surface area contributed by atoms with Crippen molar-refractivity contribution in [2.24, 2.45) is 0 Å². The Kier molecular flexibility index (Phi) is 4.07. The van der Waals surface area contributed by atoms with Crippen LogP contribution in [0, 0.1) is 6.92 Å². The summed E-state index contributed by atoms with van der Waals surface area (Å²) in [6.07, 6.45) is -6.27. The van der Waals surface area contributed by atoms with Gasteiger partial charge in [0.2, 0.25) is 0 Å². The van der Waals surface area contributed by atoms with Crippen molar-refractivity contribution in [3.63, 3.8) is 0 Å². The predicted molar refractivity (Wildman–Crippen MR) is 64.5 cm³/mol. The highest BCUT2D eigenvalue weighted by Crippen LogP contribution is 2.64. The fourth-order valence-corrected chi connectivity index (χ4v) is 2.01. The van der Waals surface area contributed by atoms with Crippen molar-refractivity contribution in [3.05, 3.63) is 29.8 Å². The number of carbonyl (C=O) groups excluding carboxylic acids is 1. The lowest BCUT2D eigenvalue weighted by Crippen LogP contribution is -2.63. The highest BCUT2D eigenvalue weighted by atomic mass is 19.4. The molecule has 0 radical (unpaired) electrons. The van der Waals surface area contributed by atoms with E-state index in [2.05, 4.69) is 4.74 Å². The monoisotopic (exact) mass is 381 g/mol. The summed E-state index contributed by atoms with van der Waals surface area (Å²) in [6, 6.07) is 4.90. The second-order valence-corrected chi connectivity index (χ2v) is 5.21. The number of alkyl halides is 9. The van der Waals surface area contributed by atoms with Gasteiger partial charge in [0, 0.05) is 5.69 Å². The Bertz CT molecular complexity index is 706. The van der Waals surface area contributed by atoms with Gasteiger partial charge in [-0.1, -0.05) is 18.2 Å². The summed E-state index contributed by atoms with van der Waals surface area (Å²) < 4.78 is 122. The van der Waals surface area contributed by atoms with Crippen molar-refractivity contribution < 1.29 is 49.0 Å². The van der Waals surface area contributed by atoms with Gasteiger partial charge in [0.25, 0.3) is 0 Å². The maximum absolute atomic E-state index is 14.0. The number of hydrogen-bond donors (Lipinski definition) is 1. The third-order valence-corrected chi connectivity index (χ3v) is 3.51. The topological polar surface area (TPSA) is 38.3 Å². The molecule has 140 valence electrons. The van der Waals surface area contributed by atoms with E-state index in [4.69, 9.17) is 0 Å².